The maximum atomic E-state index is 6.05. The molecular weight excluding hydrogens is 216 g/mol. The van der Waals surface area contributed by atoms with Gasteiger partial charge in [-0.15, -0.1) is 11.3 Å². The van der Waals surface area contributed by atoms with Gasteiger partial charge in [0.25, 0.3) is 0 Å². The topological polar surface area (TPSA) is 38.9 Å². The third kappa shape index (κ3) is 5.61. The van der Waals surface area contributed by atoms with Gasteiger partial charge in [0.1, 0.15) is 0 Å². The third-order valence-corrected chi connectivity index (χ3v) is 3.55. The molecule has 0 aliphatic rings. The molecule has 2 N–H and O–H groups in total. The van der Waals surface area contributed by atoms with Crippen molar-refractivity contribution in [3.8, 4) is 0 Å². The van der Waals surface area contributed by atoms with Crippen LogP contribution in [0.15, 0.2) is 10.9 Å². The Kier molecular flexibility index (Phi) is 7.43. The molecule has 0 spiro atoms. The molecule has 2 nitrogen and oxygen atoms in total. The number of thiazole rings is 1. The number of rotatable bonds is 9. The zero-order chi connectivity index (χ0) is 11.6. The fourth-order valence-electron chi connectivity index (χ4n) is 1.87. The second kappa shape index (κ2) is 8.71. The molecule has 0 aliphatic heterocycles. The van der Waals surface area contributed by atoms with Crippen molar-refractivity contribution in [2.45, 2.75) is 64.3 Å². The van der Waals surface area contributed by atoms with Crippen LogP contribution in [0.3, 0.4) is 0 Å². The Hall–Kier alpha value is -0.410. The van der Waals surface area contributed by atoms with Gasteiger partial charge in [-0.05, 0) is 6.42 Å². The lowest BCUT2D eigenvalue weighted by Gasteiger charge is -2.08. The minimum atomic E-state index is 0.155. The van der Waals surface area contributed by atoms with Crippen LogP contribution >= 0.6 is 11.3 Å². The van der Waals surface area contributed by atoms with Crippen LogP contribution < -0.4 is 5.73 Å². The lowest BCUT2D eigenvalue weighted by Crippen LogP contribution is -2.10. The van der Waals surface area contributed by atoms with Crippen LogP contribution in [0.2, 0.25) is 0 Å². The second-order valence-electron chi connectivity index (χ2n) is 4.43. The molecule has 16 heavy (non-hydrogen) atoms. The van der Waals surface area contributed by atoms with Gasteiger partial charge in [0, 0.05) is 11.4 Å². The molecule has 0 bridgehead atoms. The van der Waals surface area contributed by atoms with Crippen molar-refractivity contribution in [3.05, 3.63) is 16.6 Å². The Labute approximate surface area is 103 Å². The fourth-order valence-corrected chi connectivity index (χ4v) is 2.49. The Bertz CT molecular complexity index is 246. The van der Waals surface area contributed by atoms with Crippen LogP contribution in [0.25, 0.3) is 0 Å². The van der Waals surface area contributed by atoms with Crippen molar-refractivity contribution in [1.82, 2.24) is 4.98 Å². The molecule has 1 heterocycles. The van der Waals surface area contributed by atoms with Crippen molar-refractivity contribution >= 4 is 11.3 Å². The molecule has 1 unspecified atom stereocenters. The molecule has 1 aromatic rings. The Morgan fingerprint density at radius 2 is 1.88 bits per heavy atom. The lowest BCUT2D eigenvalue weighted by molar-refractivity contribution is 0.536. The summed E-state index contributed by atoms with van der Waals surface area (Å²) in [7, 11) is 0. The molecule has 1 rings (SSSR count). The van der Waals surface area contributed by atoms with E-state index in [-0.39, 0.29) is 6.04 Å². The first-order chi connectivity index (χ1) is 7.84. The van der Waals surface area contributed by atoms with E-state index in [0.29, 0.717) is 0 Å². The van der Waals surface area contributed by atoms with E-state index in [1.807, 2.05) is 5.51 Å². The van der Waals surface area contributed by atoms with E-state index in [2.05, 4.69) is 17.3 Å². The zero-order valence-electron chi connectivity index (χ0n) is 10.3. The largest absolute Gasteiger partial charge is 0.323 e. The highest BCUT2D eigenvalue weighted by atomic mass is 32.1. The van der Waals surface area contributed by atoms with Crippen molar-refractivity contribution < 1.29 is 0 Å². The molecule has 0 amide bonds. The minimum absolute atomic E-state index is 0.155. The summed E-state index contributed by atoms with van der Waals surface area (Å²) in [6, 6.07) is 0.155. The van der Waals surface area contributed by atoms with Gasteiger partial charge < -0.3 is 5.73 Å². The number of hydrogen-bond donors (Lipinski definition) is 1. The Balaban J connectivity index is 1.95. The summed E-state index contributed by atoms with van der Waals surface area (Å²) in [5.74, 6) is 0. The molecule has 0 saturated heterocycles. The molecule has 1 aromatic heterocycles. The van der Waals surface area contributed by atoms with Crippen molar-refractivity contribution in [2.24, 2.45) is 5.73 Å². The van der Waals surface area contributed by atoms with Gasteiger partial charge >= 0.3 is 0 Å². The number of aromatic nitrogens is 1. The Morgan fingerprint density at radius 3 is 2.50 bits per heavy atom. The molecule has 0 saturated carbocycles. The van der Waals surface area contributed by atoms with Crippen molar-refractivity contribution in [2.75, 3.05) is 0 Å². The van der Waals surface area contributed by atoms with Crippen LogP contribution in [0.5, 0.6) is 0 Å². The summed E-state index contributed by atoms with van der Waals surface area (Å²) in [5.41, 5.74) is 8.97. The molecule has 0 aromatic carbocycles. The first kappa shape index (κ1) is 13.7. The minimum Gasteiger partial charge on any atom is -0.323 e. The molecule has 3 heteroatoms. The molecule has 92 valence electrons. The molecule has 0 aliphatic carbocycles. The quantitative estimate of drug-likeness (QED) is 0.654. The lowest BCUT2D eigenvalue weighted by atomic mass is 10.0. The predicted octanol–water partition coefficient (Wildman–Crippen LogP) is 4.28. The normalized spacial score (nSPS) is 12.9. The number of unbranched alkanes of at least 4 members (excludes halogenated alkanes) is 6. The van der Waals surface area contributed by atoms with Crippen molar-refractivity contribution in [3.63, 3.8) is 0 Å². The monoisotopic (exact) mass is 240 g/mol. The summed E-state index contributed by atoms with van der Waals surface area (Å²) in [6.07, 6.45) is 10.5. The number of nitrogens with two attached hydrogens (primary N) is 1. The van der Waals surface area contributed by atoms with Gasteiger partial charge in [-0.1, -0.05) is 51.9 Å². The van der Waals surface area contributed by atoms with Crippen LogP contribution in [-0.4, -0.2) is 4.98 Å². The number of hydrogen-bond acceptors (Lipinski definition) is 3. The van der Waals surface area contributed by atoms with E-state index in [9.17, 15) is 0 Å². The van der Waals surface area contributed by atoms with E-state index in [4.69, 9.17) is 5.73 Å². The standard InChI is InChI=1S/C13H24N2S/c1-2-3-4-5-6-7-8-9-12(14)13-10-16-11-15-13/h10-12H,2-9,14H2,1H3. The van der Waals surface area contributed by atoms with E-state index >= 15 is 0 Å². The smallest absolute Gasteiger partial charge is 0.0795 e. The molecule has 0 radical (unpaired) electrons. The molecule has 1 atom stereocenters. The number of nitrogens with zero attached hydrogens (tertiary/aromatic N) is 1. The third-order valence-electron chi connectivity index (χ3n) is 2.95. The van der Waals surface area contributed by atoms with Gasteiger partial charge in [-0.2, -0.15) is 0 Å². The second-order valence-corrected chi connectivity index (χ2v) is 5.15. The van der Waals surface area contributed by atoms with Gasteiger partial charge in [0.05, 0.1) is 11.2 Å². The van der Waals surface area contributed by atoms with Crippen molar-refractivity contribution in [1.29, 1.82) is 0 Å². The van der Waals surface area contributed by atoms with Crippen LogP contribution in [-0.2, 0) is 0 Å². The summed E-state index contributed by atoms with van der Waals surface area (Å²) in [5, 5.41) is 2.06. The van der Waals surface area contributed by atoms with E-state index in [0.717, 1.165) is 12.1 Å². The van der Waals surface area contributed by atoms with Gasteiger partial charge in [0.15, 0.2) is 0 Å². The first-order valence-electron chi connectivity index (χ1n) is 6.48. The molecular formula is C13H24N2S. The van der Waals surface area contributed by atoms with Crippen LogP contribution in [0.1, 0.15) is 70.0 Å². The summed E-state index contributed by atoms with van der Waals surface area (Å²) >= 11 is 1.63. The summed E-state index contributed by atoms with van der Waals surface area (Å²) in [4.78, 5) is 4.25. The zero-order valence-corrected chi connectivity index (χ0v) is 11.1. The SMILES string of the molecule is CCCCCCCCCC(N)c1cscn1. The predicted molar refractivity (Wildman–Crippen MR) is 71.7 cm³/mol. The maximum absolute atomic E-state index is 6.05. The van der Waals surface area contributed by atoms with Gasteiger partial charge in [0.2, 0.25) is 0 Å². The highest BCUT2D eigenvalue weighted by Gasteiger charge is 2.06. The fraction of sp³-hybridized carbons (Fsp3) is 0.769. The molecule has 0 fully saturated rings. The van der Waals surface area contributed by atoms with Crippen LogP contribution in [0, 0.1) is 0 Å². The van der Waals surface area contributed by atoms with Gasteiger partial charge in [-0.3, -0.25) is 0 Å². The van der Waals surface area contributed by atoms with Crippen LogP contribution in [0.4, 0.5) is 0 Å². The van der Waals surface area contributed by atoms with E-state index < -0.39 is 0 Å². The van der Waals surface area contributed by atoms with E-state index in [1.54, 1.807) is 11.3 Å². The van der Waals surface area contributed by atoms with Gasteiger partial charge in [-0.25, -0.2) is 4.98 Å². The highest BCUT2D eigenvalue weighted by molar-refractivity contribution is 7.07. The first-order valence-corrected chi connectivity index (χ1v) is 7.42. The maximum Gasteiger partial charge on any atom is 0.0795 e. The van der Waals surface area contributed by atoms with E-state index in [1.165, 1.54) is 44.9 Å². The summed E-state index contributed by atoms with van der Waals surface area (Å²) < 4.78 is 0. The average Bonchev–Trinajstić information content (AvgIpc) is 2.81. The summed E-state index contributed by atoms with van der Waals surface area (Å²) in [6.45, 7) is 2.26. The Morgan fingerprint density at radius 1 is 1.19 bits per heavy atom. The highest BCUT2D eigenvalue weighted by Crippen LogP contribution is 2.17. The average molecular weight is 240 g/mol.